The molecule has 0 saturated carbocycles. The van der Waals surface area contributed by atoms with Crippen molar-refractivity contribution in [3.8, 4) is 5.75 Å². The summed E-state index contributed by atoms with van der Waals surface area (Å²) in [6.07, 6.45) is 3.91. The Bertz CT molecular complexity index is 1110. The van der Waals surface area contributed by atoms with Crippen LogP contribution < -0.4 is 4.74 Å². The number of benzene rings is 2. The highest BCUT2D eigenvalue weighted by atomic mass is 35.5. The molecule has 0 radical (unpaired) electrons. The molecule has 0 amide bonds. The lowest BCUT2D eigenvalue weighted by molar-refractivity contribution is -0.0180. The van der Waals surface area contributed by atoms with E-state index in [0.29, 0.717) is 22.9 Å². The fourth-order valence-electron chi connectivity index (χ4n) is 4.19. The van der Waals surface area contributed by atoms with Crippen LogP contribution in [0.4, 0.5) is 0 Å². The van der Waals surface area contributed by atoms with Crippen LogP contribution in [0.25, 0.3) is 10.9 Å². The number of pyridine rings is 1. The van der Waals surface area contributed by atoms with E-state index < -0.39 is 0 Å². The van der Waals surface area contributed by atoms with Crippen molar-refractivity contribution < 1.29 is 19.0 Å². The van der Waals surface area contributed by atoms with Crippen molar-refractivity contribution in [2.24, 2.45) is 0 Å². The number of nitrogens with zero attached hydrogens (tertiary/aromatic N) is 1. The van der Waals surface area contributed by atoms with E-state index in [0.717, 1.165) is 59.0 Å². The monoisotopic (exact) mass is 409 g/mol. The Kier molecular flexibility index (Phi) is 4.86. The summed E-state index contributed by atoms with van der Waals surface area (Å²) in [4.78, 5) is 18.0. The van der Waals surface area contributed by atoms with E-state index >= 15 is 0 Å². The molecule has 3 aromatic rings. The van der Waals surface area contributed by atoms with Crippen molar-refractivity contribution in [2.45, 2.75) is 38.9 Å². The van der Waals surface area contributed by atoms with Crippen molar-refractivity contribution in [3.63, 3.8) is 0 Å². The number of rotatable bonds is 3. The van der Waals surface area contributed by atoms with Gasteiger partial charge in [-0.2, -0.15) is 0 Å². The number of halogens is 1. The lowest BCUT2D eigenvalue weighted by atomic mass is 9.90. The molecule has 0 fully saturated rings. The third kappa shape index (κ3) is 3.45. The predicted molar refractivity (Wildman–Crippen MR) is 109 cm³/mol. The molecule has 1 aromatic heterocycles. The maximum atomic E-state index is 13.2. The summed E-state index contributed by atoms with van der Waals surface area (Å²) in [5.41, 5.74) is 5.13. The first-order valence-corrected chi connectivity index (χ1v) is 10.2. The van der Waals surface area contributed by atoms with Gasteiger partial charge in [0.1, 0.15) is 12.4 Å². The summed E-state index contributed by atoms with van der Waals surface area (Å²) in [5.74, 6) is 0.359. The van der Waals surface area contributed by atoms with Gasteiger partial charge in [0.2, 0.25) is 0 Å². The van der Waals surface area contributed by atoms with Crippen LogP contribution in [0.3, 0.4) is 0 Å². The first-order valence-electron chi connectivity index (χ1n) is 9.80. The van der Waals surface area contributed by atoms with E-state index in [9.17, 15) is 4.79 Å². The highest BCUT2D eigenvalue weighted by molar-refractivity contribution is 6.30. The number of ether oxygens (including phenoxy) is 3. The van der Waals surface area contributed by atoms with Gasteiger partial charge in [-0.1, -0.05) is 29.8 Å². The number of hydrogen-bond acceptors (Lipinski definition) is 5. The Morgan fingerprint density at radius 1 is 1.17 bits per heavy atom. The molecule has 6 heteroatoms. The third-order valence-electron chi connectivity index (χ3n) is 5.48. The number of para-hydroxylation sites is 1. The van der Waals surface area contributed by atoms with Gasteiger partial charge >= 0.3 is 5.97 Å². The van der Waals surface area contributed by atoms with E-state index in [4.69, 9.17) is 30.8 Å². The van der Waals surface area contributed by atoms with Crippen LogP contribution in [0, 0.1) is 0 Å². The summed E-state index contributed by atoms with van der Waals surface area (Å²) >= 11 is 6.23. The summed E-state index contributed by atoms with van der Waals surface area (Å²) in [6.45, 7) is 0.699. The largest absolute Gasteiger partial charge is 0.467 e. The number of carbonyl (C=O) groups excluding carboxylic acids is 1. The second-order valence-corrected chi connectivity index (χ2v) is 7.81. The van der Waals surface area contributed by atoms with Crippen molar-refractivity contribution >= 4 is 28.5 Å². The van der Waals surface area contributed by atoms with E-state index in [1.807, 2.05) is 30.3 Å². The van der Waals surface area contributed by atoms with Gasteiger partial charge < -0.3 is 14.2 Å². The van der Waals surface area contributed by atoms with Gasteiger partial charge in [0.05, 0.1) is 17.7 Å². The normalized spacial score (nSPS) is 15.3. The van der Waals surface area contributed by atoms with E-state index in [1.54, 1.807) is 6.07 Å². The maximum Gasteiger partial charge on any atom is 0.339 e. The van der Waals surface area contributed by atoms with Crippen molar-refractivity contribution in [3.05, 3.63) is 69.4 Å². The van der Waals surface area contributed by atoms with Gasteiger partial charge in [0.15, 0.2) is 6.79 Å². The van der Waals surface area contributed by atoms with Crippen LogP contribution in [0.5, 0.6) is 5.75 Å². The maximum absolute atomic E-state index is 13.2. The van der Waals surface area contributed by atoms with Crippen LogP contribution in [0.15, 0.2) is 36.4 Å². The minimum Gasteiger partial charge on any atom is -0.467 e. The quantitative estimate of drug-likeness (QED) is 0.570. The number of carbonyl (C=O) groups is 1. The molecule has 0 spiro atoms. The smallest absolute Gasteiger partial charge is 0.339 e. The molecule has 1 aliphatic heterocycles. The zero-order chi connectivity index (χ0) is 19.8. The van der Waals surface area contributed by atoms with Crippen LogP contribution in [0.2, 0.25) is 5.02 Å². The second kappa shape index (κ2) is 7.65. The van der Waals surface area contributed by atoms with Crippen molar-refractivity contribution in [2.75, 3.05) is 6.79 Å². The van der Waals surface area contributed by atoms with Crippen molar-refractivity contribution in [1.29, 1.82) is 0 Å². The minimum atomic E-state index is -0.331. The van der Waals surface area contributed by atoms with Gasteiger partial charge in [-0.05, 0) is 49.4 Å². The zero-order valence-electron chi connectivity index (χ0n) is 15.9. The summed E-state index contributed by atoms with van der Waals surface area (Å²) in [7, 11) is 0. The minimum absolute atomic E-state index is 0.0904. The highest BCUT2D eigenvalue weighted by Crippen LogP contribution is 2.33. The number of esters is 1. The highest BCUT2D eigenvalue weighted by Gasteiger charge is 2.24. The summed E-state index contributed by atoms with van der Waals surface area (Å²) in [5, 5.41) is 1.41. The predicted octanol–water partition coefficient (Wildman–Crippen LogP) is 4.99. The number of aryl methyl sites for hydroxylation is 1. The Labute approximate surface area is 173 Å². The average molecular weight is 410 g/mol. The Morgan fingerprint density at radius 3 is 2.97 bits per heavy atom. The zero-order valence-corrected chi connectivity index (χ0v) is 16.6. The molecule has 0 atom stereocenters. The first-order chi connectivity index (χ1) is 14.2. The Balaban J connectivity index is 1.49. The molecule has 1 aliphatic carbocycles. The molecular weight excluding hydrogens is 390 g/mol. The molecule has 2 aromatic carbocycles. The lowest BCUT2D eigenvalue weighted by Crippen LogP contribution is -2.17. The van der Waals surface area contributed by atoms with Crippen LogP contribution in [-0.2, 0) is 35.5 Å². The average Bonchev–Trinajstić information content (AvgIpc) is 2.75. The number of fused-ring (bicyclic) bond motifs is 3. The SMILES string of the molecule is O=C(OCc1cc(Cl)cc2c1OCOC2)c1c2c(nc3ccccc13)CCCC2. The van der Waals surface area contributed by atoms with E-state index in [2.05, 4.69) is 0 Å². The molecule has 29 heavy (non-hydrogen) atoms. The summed E-state index contributed by atoms with van der Waals surface area (Å²) in [6, 6.07) is 11.3. The third-order valence-corrected chi connectivity index (χ3v) is 5.70. The molecule has 5 rings (SSSR count). The molecule has 2 aliphatic rings. The summed E-state index contributed by atoms with van der Waals surface area (Å²) < 4.78 is 16.7. The topological polar surface area (TPSA) is 57.7 Å². The first kappa shape index (κ1) is 18.4. The van der Waals surface area contributed by atoms with E-state index in [1.165, 1.54) is 0 Å². The molecule has 0 N–H and O–H groups in total. The molecule has 148 valence electrons. The Morgan fingerprint density at radius 2 is 2.03 bits per heavy atom. The van der Waals surface area contributed by atoms with Gasteiger partial charge in [-0.25, -0.2) is 4.79 Å². The van der Waals surface area contributed by atoms with Crippen LogP contribution in [-0.4, -0.2) is 17.7 Å². The van der Waals surface area contributed by atoms with Crippen LogP contribution >= 0.6 is 11.6 Å². The number of aromatic nitrogens is 1. The van der Waals surface area contributed by atoms with Gasteiger partial charge in [0.25, 0.3) is 0 Å². The molecule has 2 heterocycles. The molecular formula is C23H20ClNO4. The molecule has 0 saturated heterocycles. The molecule has 0 unspecified atom stereocenters. The molecule has 5 nitrogen and oxygen atoms in total. The lowest BCUT2D eigenvalue weighted by Gasteiger charge is -2.22. The fourth-order valence-corrected chi connectivity index (χ4v) is 4.45. The Hall–Kier alpha value is -2.63. The van der Waals surface area contributed by atoms with Crippen LogP contribution in [0.1, 0.15) is 45.6 Å². The molecule has 0 bridgehead atoms. The van der Waals surface area contributed by atoms with Gasteiger partial charge in [-0.3, -0.25) is 4.98 Å². The fraction of sp³-hybridized carbons (Fsp3) is 0.304. The van der Waals surface area contributed by atoms with Crippen molar-refractivity contribution in [1.82, 2.24) is 4.98 Å². The van der Waals surface area contributed by atoms with Gasteiger partial charge in [0, 0.05) is 27.2 Å². The second-order valence-electron chi connectivity index (χ2n) is 7.38. The number of hydrogen-bond donors (Lipinski definition) is 0. The standard InChI is InChI=1S/C23H20ClNO4/c24-16-9-14-11-27-13-29-22(14)15(10-16)12-28-23(26)21-17-5-1-3-7-19(17)25-20-8-4-2-6-18(20)21/h1,3,5,7,9-10H,2,4,6,8,11-13H2. The van der Waals surface area contributed by atoms with E-state index in [-0.39, 0.29) is 19.4 Å². The van der Waals surface area contributed by atoms with Gasteiger partial charge in [-0.15, -0.1) is 0 Å².